The number of rotatable bonds is 7. The van der Waals surface area contributed by atoms with Crippen molar-refractivity contribution >= 4 is 0 Å². The summed E-state index contributed by atoms with van der Waals surface area (Å²) in [5, 5.41) is 3.41. The van der Waals surface area contributed by atoms with Gasteiger partial charge in [0.15, 0.2) is 0 Å². The first-order valence-electron chi connectivity index (χ1n) is 6.86. The van der Waals surface area contributed by atoms with Crippen LogP contribution in [0.3, 0.4) is 0 Å². The van der Waals surface area contributed by atoms with Gasteiger partial charge in [0, 0.05) is 17.7 Å². The summed E-state index contributed by atoms with van der Waals surface area (Å²) in [6, 6.07) is 5.02. The lowest BCUT2D eigenvalue weighted by Crippen LogP contribution is -2.20. The largest absolute Gasteiger partial charge is 0.493 e. The van der Waals surface area contributed by atoms with E-state index in [0.717, 1.165) is 25.1 Å². The Balaban J connectivity index is 2.05. The molecule has 0 spiro atoms. The lowest BCUT2D eigenvalue weighted by molar-refractivity contribution is 0.292. The quantitative estimate of drug-likeness (QED) is 0.798. The zero-order valence-corrected chi connectivity index (χ0v) is 11.2. The highest BCUT2D eigenvalue weighted by atomic mass is 19.1. The molecule has 0 bridgehead atoms. The minimum Gasteiger partial charge on any atom is -0.493 e. The molecule has 0 saturated heterocycles. The van der Waals surface area contributed by atoms with Gasteiger partial charge >= 0.3 is 0 Å². The Morgan fingerprint density at radius 3 is 2.89 bits per heavy atom. The van der Waals surface area contributed by atoms with E-state index in [-0.39, 0.29) is 11.9 Å². The number of benzene rings is 1. The molecule has 1 aromatic rings. The highest BCUT2D eigenvalue weighted by Crippen LogP contribution is 2.32. The zero-order valence-electron chi connectivity index (χ0n) is 11.2. The Kier molecular flexibility index (Phi) is 4.59. The van der Waals surface area contributed by atoms with Crippen LogP contribution in [0.5, 0.6) is 5.75 Å². The number of hydrogen-bond donors (Lipinski definition) is 1. The van der Waals surface area contributed by atoms with Crippen LogP contribution in [0.2, 0.25) is 0 Å². The molecule has 0 heterocycles. The Labute approximate surface area is 109 Å². The Bertz CT molecular complexity index is 390. The van der Waals surface area contributed by atoms with E-state index in [1.54, 1.807) is 0 Å². The Morgan fingerprint density at radius 1 is 1.44 bits per heavy atom. The molecule has 3 heteroatoms. The lowest BCUT2D eigenvalue weighted by Gasteiger charge is -2.18. The molecule has 0 radical (unpaired) electrons. The SMILES string of the molecule is CCCNC(C)c1ccc(F)cc1OCC1CC1. The fourth-order valence-corrected chi connectivity index (χ4v) is 1.95. The van der Waals surface area contributed by atoms with Crippen LogP contribution >= 0.6 is 0 Å². The monoisotopic (exact) mass is 251 g/mol. The molecule has 2 rings (SSSR count). The van der Waals surface area contributed by atoms with Crippen LogP contribution in [0.1, 0.15) is 44.7 Å². The van der Waals surface area contributed by atoms with Crippen molar-refractivity contribution in [1.82, 2.24) is 5.32 Å². The molecular formula is C15H22FNO. The van der Waals surface area contributed by atoms with Gasteiger partial charge in [-0.3, -0.25) is 0 Å². The van der Waals surface area contributed by atoms with E-state index in [0.29, 0.717) is 11.7 Å². The Morgan fingerprint density at radius 2 is 2.22 bits per heavy atom. The first kappa shape index (κ1) is 13.3. The lowest BCUT2D eigenvalue weighted by atomic mass is 10.1. The molecule has 1 unspecified atom stereocenters. The topological polar surface area (TPSA) is 21.3 Å². The molecular weight excluding hydrogens is 229 g/mol. The van der Waals surface area contributed by atoms with Crippen LogP contribution < -0.4 is 10.1 Å². The summed E-state index contributed by atoms with van der Waals surface area (Å²) in [4.78, 5) is 0. The second-order valence-electron chi connectivity index (χ2n) is 5.11. The molecule has 1 aliphatic rings. The van der Waals surface area contributed by atoms with Gasteiger partial charge in [0.25, 0.3) is 0 Å². The maximum absolute atomic E-state index is 13.3. The fraction of sp³-hybridized carbons (Fsp3) is 0.600. The van der Waals surface area contributed by atoms with Crippen molar-refractivity contribution in [2.24, 2.45) is 5.92 Å². The minimum absolute atomic E-state index is 0.194. The molecule has 100 valence electrons. The van der Waals surface area contributed by atoms with Crippen LogP contribution in [0.25, 0.3) is 0 Å². The molecule has 1 N–H and O–H groups in total. The van der Waals surface area contributed by atoms with Crippen molar-refractivity contribution in [3.8, 4) is 5.75 Å². The van der Waals surface area contributed by atoms with Crippen LogP contribution in [-0.4, -0.2) is 13.2 Å². The van der Waals surface area contributed by atoms with Crippen molar-refractivity contribution in [3.05, 3.63) is 29.6 Å². The summed E-state index contributed by atoms with van der Waals surface area (Å²) in [6.07, 6.45) is 3.58. The molecule has 0 aromatic heterocycles. The summed E-state index contributed by atoms with van der Waals surface area (Å²) < 4.78 is 19.1. The van der Waals surface area contributed by atoms with Gasteiger partial charge in [-0.15, -0.1) is 0 Å². The van der Waals surface area contributed by atoms with Gasteiger partial charge in [0.05, 0.1) is 6.61 Å². The van der Waals surface area contributed by atoms with Crippen molar-refractivity contribution in [1.29, 1.82) is 0 Å². The van der Waals surface area contributed by atoms with Crippen LogP contribution in [0, 0.1) is 11.7 Å². The molecule has 18 heavy (non-hydrogen) atoms. The molecule has 0 amide bonds. The molecule has 1 aliphatic carbocycles. The molecule has 1 atom stereocenters. The average Bonchev–Trinajstić information content (AvgIpc) is 3.17. The van der Waals surface area contributed by atoms with E-state index in [9.17, 15) is 4.39 Å². The van der Waals surface area contributed by atoms with E-state index >= 15 is 0 Å². The first-order chi connectivity index (χ1) is 8.70. The van der Waals surface area contributed by atoms with Gasteiger partial charge in [-0.1, -0.05) is 13.0 Å². The van der Waals surface area contributed by atoms with Crippen molar-refractivity contribution in [3.63, 3.8) is 0 Å². The van der Waals surface area contributed by atoms with E-state index in [2.05, 4.69) is 19.2 Å². The van der Waals surface area contributed by atoms with Gasteiger partial charge < -0.3 is 10.1 Å². The second-order valence-corrected chi connectivity index (χ2v) is 5.11. The maximum Gasteiger partial charge on any atom is 0.126 e. The third-order valence-corrected chi connectivity index (χ3v) is 3.31. The predicted octanol–water partition coefficient (Wildman–Crippen LogP) is 3.68. The highest BCUT2D eigenvalue weighted by molar-refractivity contribution is 5.36. The average molecular weight is 251 g/mol. The number of ether oxygens (including phenoxy) is 1. The van der Waals surface area contributed by atoms with Crippen LogP contribution in [0.15, 0.2) is 18.2 Å². The van der Waals surface area contributed by atoms with E-state index < -0.39 is 0 Å². The van der Waals surface area contributed by atoms with E-state index in [1.807, 2.05) is 6.07 Å². The molecule has 2 nitrogen and oxygen atoms in total. The van der Waals surface area contributed by atoms with Crippen LogP contribution in [0.4, 0.5) is 4.39 Å². The second kappa shape index (κ2) is 6.19. The fourth-order valence-electron chi connectivity index (χ4n) is 1.95. The molecule has 0 aliphatic heterocycles. The molecule has 1 fully saturated rings. The third-order valence-electron chi connectivity index (χ3n) is 3.31. The van der Waals surface area contributed by atoms with Crippen LogP contribution in [-0.2, 0) is 0 Å². The molecule has 1 saturated carbocycles. The normalized spacial score (nSPS) is 16.6. The summed E-state index contributed by atoms with van der Waals surface area (Å²) in [5.74, 6) is 1.14. The van der Waals surface area contributed by atoms with Crippen molar-refractivity contribution in [2.75, 3.05) is 13.2 Å². The summed E-state index contributed by atoms with van der Waals surface area (Å²) >= 11 is 0. The molecule has 1 aromatic carbocycles. The van der Waals surface area contributed by atoms with Gasteiger partial charge in [0.2, 0.25) is 0 Å². The summed E-state index contributed by atoms with van der Waals surface area (Å²) in [5.41, 5.74) is 1.05. The third kappa shape index (κ3) is 3.70. The van der Waals surface area contributed by atoms with Gasteiger partial charge in [-0.2, -0.15) is 0 Å². The van der Waals surface area contributed by atoms with Gasteiger partial charge in [-0.25, -0.2) is 4.39 Å². The highest BCUT2D eigenvalue weighted by Gasteiger charge is 2.23. The smallest absolute Gasteiger partial charge is 0.126 e. The van der Waals surface area contributed by atoms with Gasteiger partial charge in [-0.05, 0) is 44.7 Å². The maximum atomic E-state index is 13.3. The minimum atomic E-state index is -0.229. The zero-order chi connectivity index (χ0) is 13.0. The first-order valence-corrected chi connectivity index (χ1v) is 6.86. The predicted molar refractivity (Wildman–Crippen MR) is 71.3 cm³/mol. The summed E-state index contributed by atoms with van der Waals surface area (Å²) in [7, 11) is 0. The Hall–Kier alpha value is -1.09. The van der Waals surface area contributed by atoms with Crippen molar-refractivity contribution in [2.45, 2.75) is 39.2 Å². The standard InChI is InChI=1S/C15H22FNO/c1-3-8-17-11(2)14-7-6-13(16)9-15(14)18-10-12-4-5-12/h6-7,9,11-12,17H,3-5,8,10H2,1-2H3. The number of nitrogens with one attached hydrogen (secondary N) is 1. The number of halogens is 1. The number of hydrogen-bond acceptors (Lipinski definition) is 2. The van der Waals surface area contributed by atoms with E-state index in [1.165, 1.54) is 25.0 Å². The van der Waals surface area contributed by atoms with Crippen molar-refractivity contribution < 1.29 is 9.13 Å². The summed E-state index contributed by atoms with van der Waals surface area (Å²) in [6.45, 7) is 5.90. The van der Waals surface area contributed by atoms with Gasteiger partial charge in [0.1, 0.15) is 11.6 Å². The van der Waals surface area contributed by atoms with E-state index in [4.69, 9.17) is 4.74 Å².